The van der Waals surface area contributed by atoms with E-state index in [2.05, 4.69) is 51.3 Å². The zero-order valence-corrected chi connectivity index (χ0v) is 15.6. The minimum atomic E-state index is 0.256. The molecule has 0 amide bonds. The molecule has 1 aromatic heterocycles. The SMILES string of the molecule is c1ccc2c(c1)SCN2c1ccc(Oc2nccnc2C2CCOC2)cc1. The third-order valence-electron chi connectivity index (χ3n) is 4.88. The molecule has 0 saturated carbocycles. The number of thioether (sulfide) groups is 1. The first-order chi connectivity index (χ1) is 13.4. The van der Waals surface area contributed by atoms with Gasteiger partial charge in [-0.25, -0.2) is 4.98 Å². The molecule has 2 aliphatic heterocycles. The number of hydrogen-bond acceptors (Lipinski definition) is 6. The smallest absolute Gasteiger partial charge is 0.241 e. The molecule has 1 saturated heterocycles. The second-order valence-corrected chi connectivity index (χ2v) is 7.56. The van der Waals surface area contributed by atoms with E-state index in [-0.39, 0.29) is 5.92 Å². The van der Waals surface area contributed by atoms with Crippen molar-refractivity contribution in [1.82, 2.24) is 9.97 Å². The number of ether oxygens (including phenoxy) is 2. The van der Waals surface area contributed by atoms with E-state index in [1.807, 2.05) is 23.9 Å². The lowest BCUT2D eigenvalue weighted by molar-refractivity contribution is 0.193. The Morgan fingerprint density at radius 2 is 1.89 bits per heavy atom. The Bertz CT molecular complexity index is 942. The van der Waals surface area contributed by atoms with Crippen LogP contribution in [0.3, 0.4) is 0 Å². The molecule has 1 fully saturated rings. The van der Waals surface area contributed by atoms with E-state index >= 15 is 0 Å². The van der Waals surface area contributed by atoms with Crippen molar-refractivity contribution >= 4 is 23.1 Å². The number of aromatic nitrogens is 2. The fourth-order valence-corrected chi connectivity index (χ4v) is 4.53. The van der Waals surface area contributed by atoms with Crippen molar-refractivity contribution in [1.29, 1.82) is 0 Å². The summed E-state index contributed by atoms with van der Waals surface area (Å²) in [6.07, 6.45) is 4.34. The molecule has 27 heavy (non-hydrogen) atoms. The fourth-order valence-electron chi connectivity index (χ4n) is 3.47. The van der Waals surface area contributed by atoms with Gasteiger partial charge in [0, 0.05) is 35.5 Å². The summed E-state index contributed by atoms with van der Waals surface area (Å²) in [5, 5.41) is 0. The Balaban J connectivity index is 1.36. The number of rotatable bonds is 4. The van der Waals surface area contributed by atoms with Crippen LogP contribution in [0.2, 0.25) is 0 Å². The highest BCUT2D eigenvalue weighted by molar-refractivity contribution is 7.99. The number of benzene rings is 2. The summed E-state index contributed by atoms with van der Waals surface area (Å²) >= 11 is 1.86. The summed E-state index contributed by atoms with van der Waals surface area (Å²) in [5.74, 6) is 2.52. The van der Waals surface area contributed by atoms with Gasteiger partial charge in [0.05, 0.1) is 18.2 Å². The number of nitrogens with zero attached hydrogens (tertiary/aromatic N) is 3. The van der Waals surface area contributed by atoms with Crippen molar-refractivity contribution < 1.29 is 9.47 Å². The lowest BCUT2D eigenvalue weighted by Crippen LogP contribution is -2.11. The summed E-state index contributed by atoms with van der Waals surface area (Å²) in [5.41, 5.74) is 3.29. The van der Waals surface area contributed by atoms with E-state index in [1.165, 1.54) is 10.6 Å². The first-order valence-electron chi connectivity index (χ1n) is 9.04. The van der Waals surface area contributed by atoms with Crippen LogP contribution < -0.4 is 9.64 Å². The molecule has 2 aromatic carbocycles. The fraction of sp³-hybridized carbons (Fsp3) is 0.238. The number of hydrogen-bond donors (Lipinski definition) is 0. The number of fused-ring (bicyclic) bond motifs is 1. The molecule has 5 rings (SSSR count). The highest BCUT2D eigenvalue weighted by atomic mass is 32.2. The van der Waals surface area contributed by atoms with E-state index < -0.39 is 0 Å². The second-order valence-electron chi connectivity index (χ2n) is 6.57. The molecule has 0 aliphatic carbocycles. The van der Waals surface area contributed by atoms with Crippen molar-refractivity contribution in [2.24, 2.45) is 0 Å². The maximum atomic E-state index is 6.06. The molecule has 0 spiro atoms. The van der Waals surface area contributed by atoms with E-state index in [1.54, 1.807) is 12.4 Å². The van der Waals surface area contributed by atoms with Crippen molar-refractivity contribution in [3.8, 4) is 11.6 Å². The minimum Gasteiger partial charge on any atom is -0.437 e. The average molecular weight is 377 g/mol. The third kappa shape index (κ3) is 3.26. The quantitative estimate of drug-likeness (QED) is 0.639. The Morgan fingerprint density at radius 3 is 2.74 bits per heavy atom. The highest BCUT2D eigenvalue weighted by Crippen LogP contribution is 2.43. The van der Waals surface area contributed by atoms with Gasteiger partial charge in [0.2, 0.25) is 5.88 Å². The third-order valence-corrected chi connectivity index (χ3v) is 5.92. The number of para-hydroxylation sites is 1. The Morgan fingerprint density at radius 1 is 1.04 bits per heavy atom. The van der Waals surface area contributed by atoms with E-state index in [0.717, 1.165) is 36.0 Å². The molecule has 3 heterocycles. The summed E-state index contributed by atoms with van der Waals surface area (Å²) in [7, 11) is 0. The monoisotopic (exact) mass is 377 g/mol. The molecule has 1 unspecified atom stereocenters. The molecular formula is C21H19N3O2S. The molecule has 3 aromatic rings. The van der Waals surface area contributed by atoms with Crippen LogP contribution in [0.15, 0.2) is 65.8 Å². The van der Waals surface area contributed by atoms with Gasteiger partial charge < -0.3 is 14.4 Å². The van der Waals surface area contributed by atoms with Crippen molar-refractivity contribution in [2.75, 3.05) is 24.0 Å². The van der Waals surface area contributed by atoms with E-state index in [4.69, 9.17) is 9.47 Å². The van der Waals surface area contributed by atoms with Gasteiger partial charge in [0.15, 0.2) is 0 Å². The molecule has 2 aliphatic rings. The van der Waals surface area contributed by atoms with Gasteiger partial charge >= 0.3 is 0 Å². The van der Waals surface area contributed by atoms with Gasteiger partial charge in [-0.1, -0.05) is 12.1 Å². The summed E-state index contributed by atoms with van der Waals surface area (Å²) in [6.45, 7) is 1.45. The van der Waals surface area contributed by atoms with Crippen LogP contribution in [0.5, 0.6) is 11.6 Å². The van der Waals surface area contributed by atoms with Crippen LogP contribution in [0.1, 0.15) is 18.0 Å². The molecule has 5 nitrogen and oxygen atoms in total. The molecule has 6 heteroatoms. The van der Waals surface area contributed by atoms with Crippen LogP contribution in [-0.2, 0) is 4.74 Å². The molecule has 0 N–H and O–H groups in total. The van der Waals surface area contributed by atoms with Crippen LogP contribution >= 0.6 is 11.8 Å². The van der Waals surface area contributed by atoms with Gasteiger partial charge in [0.25, 0.3) is 0 Å². The highest BCUT2D eigenvalue weighted by Gasteiger charge is 2.24. The standard InChI is InChI=1S/C21H19N3O2S/c1-2-4-19-18(3-1)24(14-27-19)16-5-7-17(8-6-16)26-21-20(22-10-11-23-21)15-9-12-25-13-15/h1-8,10-11,15H,9,12-14H2. The van der Waals surface area contributed by atoms with Crippen LogP contribution in [-0.4, -0.2) is 29.1 Å². The predicted octanol–water partition coefficient (Wildman–Crippen LogP) is 4.97. The van der Waals surface area contributed by atoms with Crippen molar-refractivity contribution in [3.63, 3.8) is 0 Å². The van der Waals surface area contributed by atoms with Crippen molar-refractivity contribution in [3.05, 3.63) is 66.6 Å². The maximum absolute atomic E-state index is 6.06. The lowest BCUT2D eigenvalue weighted by atomic mass is 10.1. The molecule has 136 valence electrons. The first-order valence-corrected chi connectivity index (χ1v) is 10.0. The van der Waals surface area contributed by atoms with Gasteiger partial charge in [-0.2, -0.15) is 0 Å². The van der Waals surface area contributed by atoms with Gasteiger partial charge in [-0.3, -0.25) is 4.98 Å². The van der Waals surface area contributed by atoms with Gasteiger partial charge in [-0.05, 0) is 42.8 Å². The zero-order chi connectivity index (χ0) is 18.1. The Kier molecular flexibility index (Phi) is 4.43. The normalized spacial score (nSPS) is 18.5. The van der Waals surface area contributed by atoms with Crippen LogP contribution in [0.25, 0.3) is 0 Å². The van der Waals surface area contributed by atoms with E-state index in [0.29, 0.717) is 12.5 Å². The molecular weight excluding hydrogens is 358 g/mol. The van der Waals surface area contributed by atoms with Gasteiger partial charge in [-0.15, -0.1) is 11.8 Å². The maximum Gasteiger partial charge on any atom is 0.241 e. The summed E-state index contributed by atoms with van der Waals surface area (Å²) in [4.78, 5) is 12.5. The molecule has 1 atom stereocenters. The lowest BCUT2D eigenvalue weighted by Gasteiger charge is -2.19. The Hall–Kier alpha value is -2.57. The summed E-state index contributed by atoms with van der Waals surface area (Å²) in [6, 6.07) is 16.7. The minimum absolute atomic E-state index is 0.256. The average Bonchev–Trinajstić information content (AvgIpc) is 3.39. The first kappa shape index (κ1) is 16.6. The largest absolute Gasteiger partial charge is 0.437 e. The molecule has 0 radical (unpaired) electrons. The number of anilines is 2. The predicted molar refractivity (Wildman–Crippen MR) is 106 cm³/mol. The Labute approximate surface area is 162 Å². The van der Waals surface area contributed by atoms with Crippen LogP contribution in [0.4, 0.5) is 11.4 Å². The topological polar surface area (TPSA) is 47.5 Å². The van der Waals surface area contributed by atoms with Gasteiger partial charge in [0.1, 0.15) is 11.4 Å². The zero-order valence-electron chi connectivity index (χ0n) is 14.7. The van der Waals surface area contributed by atoms with Crippen LogP contribution in [0, 0.1) is 0 Å². The summed E-state index contributed by atoms with van der Waals surface area (Å²) < 4.78 is 11.5. The van der Waals surface area contributed by atoms with Crippen molar-refractivity contribution in [2.45, 2.75) is 17.2 Å². The van der Waals surface area contributed by atoms with E-state index in [9.17, 15) is 0 Å². The second kappa shape index (κ2) is 7.21. The molecule has 0 bridgehead atoms.